The molecule has 1 atom stereocenters. The Balaban J connectivity index is 3.98. The van der Waals surface area contributed by atoms with Gasteiger partial charge in [-0.05, 0) is 38.5 Å². The molecule has 0 aromatic rings. The van der Waals surface area contributed by atoms with Crippen molar-refractivity contribution in [1.82, 2.24) is 0 Å². The van der Waals surface area contributed by atoms with Crippen molar-refractivity contribution in [2.75, 3.05) is 13.2 Å². The molecule has 0 bridgehead atoms. The van der Waals surface area contributed by atoms with E-state index in [9.17, 15) is 14.2 Å². The Morgan fingerprint density at radius 1 is 0.565 bits per heavy atom. The molecule has 0 rings (SSSR count). The number of esters is 2. The van der Waals surface area contributed by atoms with Crippen LogP contribution in [-0.4, -0.2) is 41.0 Å². The van der Waals surface area contributed by atoms with Gasteiger partial charge in [0, 0.05) is 12.8 Å². The van der Waals surface area contributed by atoms with Crippen LogP contribution in [0.3, 0.4) is 0 Å². The molecule has 270 valence electrons. The number of phosphoric acid groups is 1. The van der Waals surface area contributed by atoms with Crippen molar-refractivity contribution in [3.63, 3.8) is 0 Å². The van der Waals surface area contributed by atoms with Crippen LogP contribution in [0.4, 0.5) is 0 Å². The van der Waals surface area contributed by atoms with Crippen LogP contribution in [0.5, 0.6) is 0 Å². The Hall–Kier alpha value is -1.47. The highest BCUT2D eigenvalue weighted by Gasteiger charge is 2.22. The van der Waals surface area contributed by atoms with Crippen LogP contribution < -0.4 is 0 Å². The van der Waals surface area contributed by atoms with Crippen molar-refractivity contribution in [2.24, 2.45) is 0 Å². The molecule has 8 nitrogen and oxygen atoms in total. The first-order valence-electron chi connectivity index (χ1n) is 18.6. The Bertz CT molecular complexity index is 807. The molecule has 0 saturated heterocycles. The van der Waals surface area contributed by atoms with Gasteiger partial charge in [-0.15, -0.1) is 0 Å². The van der Waals surface area contributed by atoms with Gasteiger partial charge in [-0.3, -0.25) is 14.1 Å². The summed E-state index contributed by atoms with van der Waals surface area (Å²) in [4.78, 5) is 42.6. The molecule has 0 fully saturated rings. The summed E-state index contributed by atoms with van der Waals surface area (Å²) in [6.45, 7) is 3.63. The Kier molecular flexibility index (Phi) is 32.4. The van der Waals surface area contributed by atoms with E-state index in [-0.39, 0.29) is 19.4 Å². The molecule has 46 heavy (non-hydrogen) atoms. The predicted octanol–water partition coefficient (Wildman–Crippen LogP) is 10.8. The molecule has 0 aliphatic heterocycles. The molecule has 0 aliphatic carbocycles. The first kappa shape index (κ1) is 44.5. The summed E-state index contributed by atoms with van der Waals surface area (Å²) in [5, 5.41) is 0. The molecular formula is C37H69O8P. The van der Waals surface area contributed by atoms with Crippen LogP contribution in [-0.2, 0) is 28.2 Å². The summed E-state index contributed by atoms with van der Waals surface area (Å²) in [5.41, 5.74) is 0. The second-order valence-corrected chi connectivity index (χ2v) is 13.8. The van der Waals surface area contributed by atoms with E-state index in [4.69, 9.17) is 19.3 Å². The molecule has 0 aliphatic rings. The third-order valence-corrected chi connectivity index (χ3v) is 8.46. The van der Waals surface area contributed by atoms with E-state index >= 15 is 0 Å². The molecule has 0 aromatic heterocycles. The van der Waals surface area contributed by atoms with Crippen molar-refractivity contribution >= 4 is 19.8 Å². The van der Waals surface area contributed by atoms with E-state index in [1.54, 1.807) is 0 Å². The van der Waals surface area contributed by atoms with Gasteiger partial charge >= 0.3 is 19.8 Å². The standard InChI is InChI=1S/C37H69O8P/c1-3-5-7-9-11-13-15-17-19-21-23-25-27-29-31-36(38)43-33-35(34-44-46(40,41)42)45-37(39)32-30-28-26-24-22-20-18-16-14-12-10-8-6-4-2/h10,12,16,18,35H,3-9,11,13-15,17,19-34H2,1-2H3,(H2,40,41,42)/b12-10-,18-16-/t35-/m1/s1. The molecular weight excluding hydrogens is 603 g/mol. The SMILES string of the molecule is CCCC/C=C\C/C=C\CCCCCCCC(=O)O[C@H](COC(=O)CCCCCCCCCCCCCCCC)COP(=O)(O)O. The van der Waals surface area contributed by atoms with E-state index < -0.39 is 32.5 Å². The van der Waals surface area contributed by atoms with Gasteiger partial charge < -0.3 is 19.3 Å². The summed E-state index contributed by atoms with van der Waals surface area (Å²) >= 11 is 0. The summed E-state index contributed by atoms with van der Waals surface area (Å²) < 4.78 is 26.3. The topological polar surface area (TPSA) is 119 Å². The van der Waals surface area contributed by atoms with Gasteiger partial charge in [-0.2, -0.15) is 0 Å². The second-order valence-electron chi connectivity index (χ2n) is 12.6. The molecule has 0 saturated carbocycles. The van der Waals surface area contributed by atoms with Crippen LogP contribution in [0.25, 0.3) is 0 Å². The first-order chi connectivity index (χ1) is 22.3. The third-order valence-electron chi connectivity index (χ3n) is 7.97. The lowest BCUT2D eigenvalue weighted by Crippen LogP contribution is -2.29. The van der Waals surface area contributed by atoms with Crippen molar-refractivity contribution in [2.45, 2.75) is 187 Å². The van der Waals surface area contributed by atoms with E-state index in [0.717, 1.165) is 64.2 Å². The zero-order valence-corrected chi connectivity index (χ0v) is 30.4. The number of carbonyl (C=O) groups excluding carboxylic acids is 2. The number of allylic oxidation sites excluding steroid dienone is 4. The first-order valence-corrected chi connectivity index (χ1v) is 20.2. The van der Waals surface area contributed by atoms with Crippen LogP contribution in [0.15, 0.2) is 24.3 Å². The maximum atomic E-state index is 12.3. The minimum Gasteiger partial charge on any atom is -0.462 e. The molecule has 0 aromatic carbocycles. The number of unbranched alkanes of at least 4 members (excludes halogenated alkanes) is 20. The zero-order valence-electron chi connectivity index (χ0n) is 29.5. The fraction of sp³-hybridized carbons (Fsp3) is 0.838. The molecule has 2 N–H and O–H groups in total. The number of rotatable bonds is 34. The minimum absolute atomic E-state index is 0.198. The third kappa shape index (κ3) is 35.4. The van der Waals surface area contributed by atoms with Gasteiger partial charge in [-0.1, -0.05) is 154 Å². The van der Waals surface area contributed by atoms with Crippen LogP contribution in [0, 0.1) is 0 Å². The maximum absolute atomic E-state index is 12.3. The second kappa shape index (κ2) is 33.4. The van der Waals surface area contributed by atoms with Crippen LogP contribution >= 0.6 is 7.82 Å². The number of hydrogen-bond acceptors (Lipinski definition) is 6. The summed E-state index contributed by atoms with van der Waals surface area (Å²) in [7, 11) is -4.75. The van der Waals surface area contributed by atoms with Gasteiger partial charge in [0.05, 0.1) is 6.61 Å². The van der Waals surface area contributed by atoms with Crippen LogP contribution in [0.1, 0.15) is 181 Å². The highest BCUT2D eigenvalue weighted by Crippen LogP contribution is 2.36. The summed E-state index contributed by atoms with van der Waals surface area (Å²) in [5.74, 6) is -0.897. The molecule has 9 heteroatoms. The summed E-state index contributed by atoms with van der Waals surface area (Å²) in [6, 6.07) is 0. The quantitative estimate of drug-likeness (QED) is 0.0300. The van der Waals surface area contributed by atoms with Crippen molar-refractivity contribution < 1.29 is 37.9 Å². The van der Waals surface area contributed by atoms with Gasteiger partial charge in [-0.25, -0.2) is 4.57 Å². The van der Waals surface area contributed by atoms with E-state index in [1.807, 2.05) is 0 Å². The number of carbonyl (C=O) groups is 2. The van der Waals surface area contributed by atoms with Gasteiger partial charge in [0.2, 0.25) is 0 Å². The average molecular weight is 673 g/mol. The van der Waals surface area contributed by atoms with Crippen LogP contribution in [0.2, 0.25) is 0 Å². The van der Waals surface area contributed by atoms with E-state index in [2.05, 4.69) is 42.7 Å². The minimum atomic E-state index is -4.75. The number of hydrogen-bond donors (Lipinski definition) is 2. The Labute approximate surface area is 281 Å². The van der Waals surface area contributed by atoms with E-state index in [1.165, 1.54) is 83.5 Å². The molecule has 0 heterocycles. The lowest BCUT2D eigenvalue weighted by molar-refractivity contribution is -0.161. The molecule has 0 unspecified atom stereocenters. The molecule has 0 spiro atoms. The predicted molar refractivity (Wildman–Crippen MR) is 189 cm³/mol. The smallest absolute Gasteiger partial charge is 0.462 e. The molecule has 0 amide bonds. The normalized spacial score (nSPS) is 12.7. The summed E-state index contributed by atoms with van der Waals surface area (Å²) in [6.07, 6.45) is 36.1. The van der Waals surface area contributed by atoms with Gasteiger partial charge in [0.1, 0.15) is 6.61 Å². The maximum Gasteiger partial charge on any atom is 0.469 e. The van der Waals surface area contributed by atoms with Crippen molar-refractivity contribution in [3.05, 3.63) is 24.3 Å². The van der Waals surface area contributed by atoms with Gasteiger partial charge in [0.15, 0.2) is 6.10 Å². The fourth-order valence-electron chi connectivity index (χ4n) is 5.15. The van der Waals surface area contributed by atoms with Crippen molar-refractivity contribution in [1.29, 1.82) is 0 Å². The Morgan fingerprint density at radius 3 is 1.50 bits per heavy atom. The highest BCUT2D eigenvalue weighted by atomic mass is 31.2. The zero-order chi connectivity index (χ0) is 34.0. The number of phosphoric ester groups is 1. The average Bonchev–Trinajstić information content (AvgIpc) is 3.02. The lowest BCUT2D eigenvalue weighted by atomic mass is 10.0. The fourth-order valence-corrected chi connectivity index (χ4v) is 5.51. The van der Waals surface area contributed by atoms with Gasteiger partial charge in [0.25, 0.3) is 0 Å². The van der Waals surface area contributed by atoms with Crippen molar-refractivity contribution in [3.8, 4) is 0 Å². The number of ether oxygens (including phenoxy) is 2. The largest absolute Gasteiger partial charge is 0.469 e. The highest BCUT2D eigenvalue weighted by molar-refractivity contribution is 7.46. The van der Waals surface area contributed by atoms with E-state index in [0.29, 0.717) is 6.42 Å². The lowest BCUT2D eigenvalue weighted by Gasteiger charge is -2.18. The molecule has 0 radical (unpaired) electrons. The Morgan fingerprint density at radius 2 is 1.00 bits per heavy atom. The monoisotopic (exact) mass is 672 g/mol.